The molecule has 126 valence electrons. The second-order valence-electron chi connectivity index (χ2n) is 6.99. The van der Waals surface area contributed by atoms with Gasteiger partial charge in [-0.1, -0.05) is 26.0 Å². The van der Waals surface area contributed by atoms with Crippen LogP contribution in [0.5, 0.6) is 0 Å². The molecule has 1 aliphatic rings. The van der Waals surface area contributed by atoms with Crippen molar-refractivity contribution in [3.63, 3.8) is 0 Å². The number of piperidine rings is 1. The molecule has 0 spiro atoms. The number of benzene rings is 1. The SMILES string of the molecule is C[C@@H]1C[C@H](C)CN(c2c(N)cc(C#N)n2Cc2cccc(F)c2)C1. The number of nitriles is 1. The van der Waals surface area contributed by atoms with E-state index in [0.717, 1.165) is 24.5 Å². The number of rotatable bonds is 3. The molecule has 0 saturated carbocycles. The van der Waals surface area contributed by atoms with Gasteiger partial charge in [0.25, 0.3) is 0 Å². The number of hydrogen-bond acceptors (Lipinski definition) is 3. The Morgan fingerprint density at radius 2 is 1.96 bits per heavy atom. The van der Waals surface area contributed by atoms with E-state index in [9.17, 15) is 9.65 Å². The van der Waals surface area contributed by atoms with Gasteiger partial charge < -0.3 is 15.2 Å². The minimum Gasteiger partial charge on any atom is -0.396 e. The molecule has 0 bridgehead atoms. The number of aromatic nitrogens is 1. The molecule has 1 fully saturated rings. The molecule has 2 heterocycles. The lowest BCUT2D eigenvalue weighted by Gasteiger charge is -2.37. The number of nitrogens with zero attached hydrogens (tertiary/aromatic N) is 3. The second-order valence-corrected chi connectivity index (χ2v) is 6.99. The maximum absolute atomic E-state index is 13.5. The quantitative estimate of drug-likeness (QED) is 0.937. The summed E-state index contributed by atoms with van der Waals surface area (Å²) in [4.78, 5) is 2.27. The average molecular weight is 326 g/mol. The Labute approximate surface area is 142 Å². The Morgan fingerprint density at radius 1 is 1.25 bits per heavy atom. The lowest BCUT2D eigenvalue weighted by molar-refractivity contribution is 0.353. The fourth-order valence-electron chi connectivity index (χ4n) is 3.82. The zero-order valence-corrected chi connectivity index (χ0v) is 14.2. The van der Waals surface area contributed by atoms with Gasteiger partial charge in [-0.05, 0) is 42.0 Å². The first-order valence-electron chi connectivity index (χ1n) is 8.36. The summed E-state index contributed by atoms with van der Waals surface area (Å²) in [5.41, 5.74) is 8.18. The molecule has 1 aromatic heterocycles. The molecule has 2 aromatic rings. The molecule has 0 unspecified atom stereocenters. The van der Waals surface area contributed by atoms with Crippen molar-refractivity contribution in [2.75, 3.05) is 23.7 Å². The van der Waals surface area contributed by atoms with Crippen molar-refractivity contribution in [3.05, 3.63) is 47.4 Å². The Kier molecular flexibility index (Phi) is 4.48. The maximum Gasteiger partial charge on any atom is 0.133 e. The van der Waals surface area contributed by atoms with E-state index in [0.29, 0.717) is 29.8 Å². The molecule has 1 aliphatic heterocycles. The Bertz CT molecular complexity index is 764. The van der Waals surface area contributed by atoms with Crippen LogP contribution in [0.25, 0.3) is 0 Å². The highest BCUT2D eigenvalue weighted by Gasteiger charge is 2.27. The monoisotopic (exact) mass is 326 g/mol. The lowest BCUT2D eigenvalue weighted by Crippen LogP contribution is -2.40. The Morgan fingerprint density at radius 3 is 2.58 bits per heavy atom. The van der Waals surface area contributed by atoms with E-state index in [1.165, 1.54) is 18.6 Å². The standard InChI is InChI=1S/C19H23FN4/c1-13-6-14(2)11-23(10-13)19-18(22)8-17(9-21)24(19)12-15-4-3-5-16(20)7-15/h3-5,7-8,13-14H,6,10-12,22H2,1-2H3/t13-,14+. The third kappa shape index (κ3) is 3.23. The van der Waals surface area contributed by atoms with Gasteiger partial charge in [0, 0.05) is 13.1 Å². The van der Waals surface area contributed by atoms with E-state index in [2.05, 4.69) is 24.8 Å². The van der Waals surface area contributed by atoms with Crippen molar-refractivity contribution in [1.29, 1.82) is 5.26 Å². The summed E-state index contributed by atoms with van der Waals surface area (Å²) in [6.07, 6.45) is 1.20. The highest BCUT2D eigenvalue weighted by atomic mass is 19.1. The van der Waals surface area contributed by atoms with Gasteiger partial charge in [-0.25, -0.2) is 4.39 Å². The van der Waals surface area contributed by atoms with Gasteiger partial charge in [0.2, 0.25) is 0 Å². The molecular formula is C19H23FN4. The number of anilines is 2. The predicted molar refractivity (Wildman–Crippen MR) is 94.2 cm³/mol. The topological polar surface area (TPSA) is 58.0 Å². The van der Waals surface area contributed by atoms with E-state index in [4.69, 9.17) is 5.73 Å². The highest BCUT2D eigenvalue weighted by Crippen LogP contribution is 2.33. The Balaban J connectivity index is 2.00. The number of halogens is 1. The number of hydrogen-bond donors (Lipinski definition) is 1. The van der Waals surface area contributed by atoms with Gasteiger partial charge in [0.15, 0.2) is 0 Å². The van der Waals surface area contributed by atoms with Crippen LogP contribution in [0.3, 0.4) is 0 Å². The van der Waals surface area contributed by atoms with Crippen LogP contribution in [0, 0.1) is 29.0 Å². The number of nitrogen functional groups attached to an aromatic ring is 1. The molecule has 1 aromatic carbocycles. The van der Waals surface area contributed by atoms with Crippen LogP contribution in [-0.2, 0) is 6.54 Å². The summed E-state index contributed by atoms with van der Waals surface area (Å²) in [5.74, 6) is 1.77. The lowest BCUT2D eigenvalue weighted by atomic mass is 9.92. The molecule has 24 heavy (non-hydrogen) atoms. The molecule has 0 radical (unpaired) electrons. The zero-order valence-electron chi connectivity index (χ0n) is 14.2. The van der Waals surface area contributed by atoms with E-state index in [1.54, 1.807) is 12.1 Å². The van der Waals surface area contributed by atoms with E-state index in [1.807, 2.05) is 10.6 Å². The third-order valence-electron chi connectivity index (χ3n) is 4.61. The Hall–Kier alpha value is -2.48. The first kappa shape index (κ1) is 16.4. The minimum atomic E-state index is -0.270. The largest absolute Gasteiger partial charge is 0.396 e. The van der Waals surface area contributed by atoms with Gasteiger partial charge >= 0.3 is 0 Å². The van der Waals surface area contributed by atoms with Crippen molar-refractivity contribution >= 4 is 11.5 Å². The van der Waals surface area contributed by atoms with Crippen LogP contribution in [0.2, 0.25) is 0 Å². The van der Waals surface area contributed by atoms with E-state index >= 15 is 0 Å². The second kappa shape index (κ2) is 6.56. The normalized spacial score (nSPS) is 20.8. The van der Waals surface area contributed by atoms with Crippen molar-refractivity contribution in [2.24, 2.45) is 11.8 Å². The average Bonchev–Trinajstić information content (AvgIpc) is 2.82. The zero-order chi connectivity index (χ0) is 17.3. The highest BCUT2D eigenvalue weighted by molar-refractivity contribution is 5.68. The molecule has 2 atom stereocenters. The van der Waals surface area contributed by atoms with Crippen molar-refractivity contribution < 1.29 is 4.39 Å². The summed E-state index contributed by atoms with van der Waals surface area (Å²) in [6, 6.07) is 10.4. The van der Waals surface area contributed by atoms with Crippen molar-refractivity contribution in [3.8, 4) is 6.07 Å². The molecular weight excluding hydrogens is 303 g/mol. The smallest absolute Gasteiger partial charge is 0.133 e. The van der Waals surface area contributed by atoms with Crippen LogP contribution in [0.4, 0.5) is 15.9 Å². The summed E-state index contributed by atoms with van der Waals surface area (Å²) in [7, 11) is 0. The summed E-state index contributed by atoms with van der Waals surface area (Å²) in [5, 5.41) is 9.47. The fraction of sp³-hybridized carbons (Fsp3) is 0.421. The molecule has 3 rings (SSSR count). The molecule has 5 heteroatoms. The van der Waals surface area contributed by atoms with Crippen molar-refractivity contribution in [1.82, 2.24) is 4.57 Å². The maximum atomic E-state index is 13.5. The summed E-state index contributed by atoms with van der Waals surface area (Å²) in [6.45, 7) is 6.76. The van der Waals surface area contributed by atoms with E-state index in [-0.39, 0.29) is 5.82 Å². The molecule has 2 N–H and O–H groups in total. The predicted octanol–water partition coefficient (Wildman–Crippen LogP) is 3.61. The fourth-order valence-corrected chi connectivity index (χ4v) is 3.82. The van der Waals surface area contributed by atoms with Gasteiger partial charge in [-0.3, -0.25) is 0 Å². The summed E-state index contributed by atoms with van der Waals surface area (Å²) >= 11 is 0. The minimum absolute atomic E-state index is 0.270. The first-order valence-corrected chi connectivity index (χ1v) is 8.36. The van der Waals surface area contributed by atoms with Crippen LogP contribution in [0.15, 0.2) is 30.3 Å². The van der Waals surface area contributed by atoms with Gasteiger partial charge in [0.1, 0.15) is 23.4 Å². The number of nitrogens with two attached hydrogens (primary N) is 1. The molecule has 0 aliphatic carbocycles. The van der Waals surface area contributed by atoms with Crippen LogP contribution in [0.1, 0.15) is 31.5 Å². The molecule has 1 saturated heterocycles. The van der Waals surface area contributed by atoms with Gasteiger partial charge in [-0.2, -0.15) is 5.26 Å². The summed E-state index contributed by atoms with van der Waals surface area (Å²) < 4.78 is 15.4. The van der Waals surface area contributed by atoms with Crippen LogP contribution in [-0.4, -0.2) is 17.7 Å². The van der Waals surface area contributed by atoms with Gasteiger partial charge in [-0.15, -0.1) is 0 Å². The molecule has 4 nitrogen and oxygen atoms in total. The van der Waals surface area contributed by atoms with E-state index < -0.39 is 0 Å². The van der Waals surface area contributed by atoms with Crippen molar-refractivity contribution in [2.45, 2.75) is 26.8 Å². The third-order valence-corrected chi connectivity index (χ3v) is 4.61. The molecule has 0 amide bonds. The first-order chi connectivity index (χ1) is 11.5. The van der Waals surface area contributed by atoms with Crippen LogP contribution >= 0.6 is 0 Å². The van der Waals surface area contributed by atoms with Gasteiger partial charge in [0.05, 0.1) is 12.2 Å². The van der Waals surface area contributed by atoms with Crippen LogP contribution < -0.4 is 10.6 Å².